The molecule has 0 bridgehead atoms. The third kappa shape index (κ3) is 6.83. The molecule has 29 heavy (non-hydrogen) atoms. The van der Waals surface area contributed by atoms with Crippen LogP contribution in [-0.4, -0.2) is 36.9 Å². The third-order valence-corrected chi connectivity index (χ3v) is 4.00. The molecule has 0 unspecified atom stereocenters. The number of carboxylic acids is 2. The zero-order chi connectivity index (χ0) is 21.4. The van der Waals surface area contributed by atoms with Crippen LogP contribution < -0.4 is 10.7 Å². The van der Waals surface area contributed by atoms with E-state index >= 15 is 0 Å². The number of aromatic nitrogens is 2. The van der Waals surface area contributed by atoms with Gasteiger partial charge in [0.05, 0.1) is 5.03 Å². The molecule has 1 aromatic carbocycles. The van der Waals surface area contributed by atoms with Crippen molar-refractivity contribution in [1.82, 2.24) is 20.2 Å². The Labute approximate surface area is 180 Å². The van der Waals surface area contributed by atoms with Gasteiger partial charge in [0.15, 0.2) is 16.7 Å². The average molecular weight is 459 g/mol. The first-order chi connectivity index (χ1) is 13.8. The largest absolute Gasteiger partial charge is 0.478 e. The van der Waals surface area contributed by atoms with Crippen LogP contribution in [0.25, 0.3) is 0 Å². The summed E-state index contributed by atoms with van der Waals surface area (Å²) in [6, 6.07) is 10.8. The lowest BCUT2D eigenvalue weighted by atomic mass is 10.2. The Morgan fingerprint density at radius 1 is 1.10 bits per heavy atom. The van der Waals surface area contributed by atoms with Gasteiger partial charge in [0.1, 0.15) is 5.56 Å². The summed E-state index contributed by atoms with van der Waals surface area (Å²) >= 11 is 16.5. The maximum absolute atomic E-state index is 11.0. The molecule has 12 heteroatoms. The van der Waals surface area contributed by atoms with Gasteiger partial charge in [-0.25, -0.2) is 9.59 Å². The number of rotatable bonds is 5. The van der Waals surface area contributed by atoms with Gasteiger partial charge in [-0.2, -0.15) is 4.53 Å². The summed E-state index contributed by atoms with van der Waals surface area (Å²) in [4.78, 5) is 21.4. The third-order valence-electron chi connectivity index (χ3n) is 3.32. The van der Waals surface area contributed by atoms with Crippen LogP contribution in [0.3, 0.4) is 0 Å². The van der Waals surface area contributed by atoms with Gasteiger partial charge in [0.2, 0.25) is 0 Å². The van der Waals surface area contributed by atoms with Crippen molar-refractivity contribution >= 4 is 52.7 Å². The van der Waals surface area contributed by atoms with Gasteiger partial charge in [0, 0.05) is 24.5 Å². The average Bonchev–Trinajstić information content (AvgIpc) is 2.70. The van der Waals surface area contributed by atoms with E-state index in [-0.39, 0.29) is 22.2 Å². The molecule has 3 rings (SSSR count). The first-order valence-electron chi connectivity index (χ1n) is 7.85. The molecular weight excluding hydrogens is 445 g/mol. The van der Waals surface area contributed by atoms with Crippen LogP contribution in [0.4, 0.5) is 5.82 Å². The predicted octanol–water partition coefficient (Wildman–Crippen LogP) is 3.45. The Morgan fingerprint density at radius 2 is 1.79 bits per heavy atom. The van der Waals surface area contributed by atoms with Crippen molar-refractivity contribution in [3.05, 3.63) is 75.7 Å². The molecule has 1 aliphatic heterocycles. The molecular formula is C17H14Cl3N5O4. The Morgan fingerprint density at radius 3 is 2.38 bits per heavy atom. The lowest BCUT2D eigenvalue weighted by molar-refractivity contribution is -0.134. The molecule has 4 N–H and O–H groups in total. The summed E-state index contributed by atoms with van der Waals surface area (Å²) in [5.41, 5.74) is 3.33. The van der Waals surface area contributed by atoms with Crippen molar-refractivity contribution in [2.75, 3.05) is 5.32 Å². The molecule has 0 saturated carbocycles. The van der Waals surface area contributed by atoms with Crippen LogP contribution in [0.1, 0.15) is 15.9 Å². The Hall–Kier alpha value is -3.01. The first-order valence-corrected chi connectivity index (χ1v) is 8.94. The molecule has 0 aliphatic carbocycles. The number of anilines is 1. The standard InChI is InChI=1S/C12H10ClN3O2.C5H4Cl2N2O2/c13-10-6-9(12(17)18)11(16-15-10)14-7-8-4-2-1-3-5-8;6-3-1-4(5(10)11)9(7)8-2-3/h1-6H,7H2,(H,14,16)(H,17,18);1-2,8H,(H,10,11). The number of carboxylic acid groups (broad SMARTS) is 2. The minimum absolute atomic E-state index is 0.00549. The van der Waals surface area contributed by atoms with E-state index in [9.17, 15) is 9.59 Å². The number of nitrogens with zero attached hydrogens (tertiary/aromatic N) is 3. The zero-order valence-electron chi connectivity index (χ0n) is 14.5. The number of hydrogen-bond acceptors (Lipinski definition) is 7. The fourth-order valence-corrected chi connectivity index (χ4v) is 2.47. The summed E-state index contributed by atoms with van der Waals surface area (Å²) in [7, 11) is 0. The van der Waals surface area contributed by atoms with E-state index in [0.717, 1.165) is 10.1 Å². The number of carbonyl (C=O) groups is 2. The highest BCUT2D eigenvalue weighted by Gasteiger charge is 2.17. The molecule has 0 atom stereocenters. The quantitative estimate of drug-likeness (QED) is 0.498. The molecule has 0 radical (unpaired) electrons. The number of hydrazine groups is 1. The monoisotopic (exact) mass is 457 g/mol. The lowest BCUT2D eigenvalue weighted by Crippen LogP contribution is -2.30. The van der Waals surface area contributed by atoms with Crippen LogP contribution in [0, 0.1) is 0 Å². The topological polar surface area (TPSA) is 128 Å². The van der Waals surface area contributed by atoms with E-state index in [1.165, 1.54) is 18.3 Å². The normalized spacial score (nSPS) is 12.6. The SMILES string of the molecule is O=C(O)C1=CC(Cl)=CNN1Cl.O=C(O)c1cc(Cl)nnc1NCc1ccccc1. The zero-order valence-corrected chi connectivity index (χ0v) is 16.8. The summed E-state index contributed by atoms with van der Waals surface area (Å²) in [5, 5.41) is 28.2. The summed E-state index contributed by atoms with van der Waals surface area (Å²) in [6.45, 7) is 0.470. The van der Waals surface area contributed by atoms with E-state index in [0.29, 0.717) is 11.6 Å². The number of benzene rings is 1. The van der Waals surface area contributed by atoms with Crippen molar-refractivity contribution in [3.63, 3.8) is 0 Å². The van der Waals surface area contributed by atoms with Gasteiger partial charge in [-0.05, 0) is 17.7 Å². The number of aliphatic carboxylic acids is 1. The summed E-state index contributed by atoms with van der Waals surface area (Å²) in [6.07, 6.45) is 2.62. The minimum atomic E-state index is -1.14. The Bertz CT molecular complexity index is 953. The minimum Gasteiger partial charge on any atom is -0.478 e. The van der Waals surface area contributed by atoms with Crippen LogP contribution in [0.2, 0.25) is 5.15 Å². The van der Waals surface area contributed by atoms with Crippen molar-refractivity contribution in [2.45, 2.75) is 6.54 Å². The van der Waals surface area contributed by atoms with Crippen LogP contribution in [0.15, 0.2) is 59.4 Å². The van der Waals surface area contributed by atoms with E-state index in [1.807, 2.05) is 30.3 Å². The van der Waals surface area contributed by atoms with Crippen molar-refractivity contribution in [2.24, 2.45) is 0 Å². The van der Waals surface area contributed by atoms with E-state index in [4.69, 9.17) is 45.2 Å². The van der Waals surface area contributed by atoms with E-state index < -0.39 is 11.9 Å². The number of hydrogen-bond donors (Lipinski definition) is 4. The van der Waals surface area contributed by atoms with Crippen molar-refractivity contribution in [3.8, 4) is 0 Å². The molecule has 152 valence electrons. The lowest BCUT2D eigenvalue weighted by Gasteiger charge is -2.18. The second-order valence-corrected chi connectivity index (χ2v) is 6.51. The number of aromatic carboxylic acids is 1. The molecule has 9 nitrogen and oxygen atoms in total. The van der Waals surface area contributed by atoms with Crippen molar-refractivity contribution < 1.29 is 19.8 Å². The molecule has 1 aliphatic rings. The Kier molecular flexibility index (Phi) is 8.08. The number of halogens is 3. The predicted molar refractivity (Wildman–Crippen MR) is 108 cm³/mol. The maximum Gasteiger partial charge on any atom is 0.355 e. The molecule has 0 spiro atoms. The fraction of sp³-hybridized carbons (Fsp3) is 0.0588. The van der Waals surface area contributed by atoms with Crippen molar-refractivity contribution in [1.29, 1.82) is 0 Å². The number of nitrogens with one attached hydrogen (secondary N) is 2. The van der Waals surface area contributed by atoms with Crippen LogP contribution in [0.5, 0.6) is 0 Å². The number of allylic oxidation sites excluding steroid dienone is 2. The highest BCUT2D eigenvalue weighted by Crippen LogP contribution is 2.17. The molecule has 2 heterocycles. The smallest absolute Gasteiger partial charge is 0.355 e. The molecule has 0 saturated heterocycles. The first kappa shape index (κ1) is 22.3. The van der Waals surface area contributed by atoms with Gasteiger partial charge in [-0.15, -0.1) is 10.2 Å². The highest BCUT2D eigenvalue weighted by molar-refractivity contribution is 6.32. The molecule has 1 aromatic heterocycles. The molecule has 0 fully saturated rings. The fourth-order valence-electron chi connectivity index (χ4n) is 2.01. The highest BCUT2D eigenvalue weighted by atomic mass is 35.5. The molecule has 0 amide bonds. The van der Waals surface area contributed by atoms with Gasteiger partial charge >= 0.3 is 11.9 Å². The van der Waals surface area contributed by atoms with E-state index in [1.54, 1.807) is 0 Å². The molecule has 2 aromatic rings. The summed E-state index contributed by atoms with van der Waals surface area (Å²) < 4.78 is 0.841. The van der Waals surface area contributed by atoms with Crippen LogP contribution in [-0.2, 0) is 11.3 Å². The Balaban J connectivity index is 0.000000234. The van der Waals surface area contributed by atoms with Crippen LogP contribution >= 0.6 is 35.0 Å². The van der Waals surface area contributed by atoms with E-state index in [2.05, 4.69) is 20.9 Å². The van der Waals surface area contributed by atoms with Gasteiger partial charge in [-0.1, -0.05) is 53.5 Å². The summed E-state index contributed by atoms with van der Waals surface area (Å²) in [5.74, 6) is -2.03. The second-order valence-electron chi connectivity index (χ2n) is 5.35. The second kappa shape index (κ2) is 10.5. The van der Waals surface area contributed by atoms with Gasteiger partial charge in [0.25, 0.3) is 0 Å². The maximum atomic E-state index is 11.0. The van der Waals surface area contributed by atoms with Gasteiger partial charge in [-0.3, -0.25) is 5.43 Å². The van der Waals surface area contributed by atoms with Gasteiger partial charge < -0.3 is 15.5 Å².